The van der Waals surface area contributed by atoms with Crippen molar-refractivity contribution in [2.75, 3.05) is 11.9 Å². The lowest BCUT2D eigenvalue weighted by Crippen LogP contribution is -2.53. The fourth-order valence-corrected chi connectivity index (χ4v) is 6.15. The molecule has 0 spiro atoms. The minimum Gasteiger partial charge on any atom is -0.508 e. The molecule has 0 aromatic heterocycles. The van der Waals surface area contributed by atoms with Crippen molar-refractivity contribution in [2.45, 2.75) is 104 Å². The van der Waals surface area contributed by atoms with E-state index in [1.165, 1.54) is 0 Å². The molecule has 8 heteroatoms. The Labute approximate surface area is 297 Å². The average Bonchev–Trinajstić information content (AvgIpc) is 3.07. The van der Waals surface area contributed by atoms with Gasteiger partial charge in [0.1, 0.15) is 23.4 Å². The van der Waals surface area contributed by atoms with Gasteiger partial charge in [0.2, 0.25) is 5.91 Å². The lowest BCUT2D eigenvalue weighted by molar-refractivity contribution is -0.140. The van der Waals surface area contributed by atoms with E-state index in [4.69, 9.17) is 4.74 Å². The molecule has 0 heterocycles. The molecule has 0 fully saturated rings. The van der Waals surface area contributed by atoms with E-state index in [2.05, 4.69) is 17.6 Å². The first-order chi connectivity index (χ1) is 23.9. The highest BCUT2D eigenvalue weighted by Crippen LogP contribution is 2.30. The van der Waals surface area contributed by atoms with Crippen molar-refractivity contribution in [3.8, 4) is 5.75 Å². The number of phenols is 1. The zero-order chi connectivity index (χ0) is 36.3. The minimum atomic E-state index is -1.05. The van der Waals surface area contributed by atoms with Crippen molar-refractivity contribution in [3.63, 3.8) is 0 Å². The second kappa shape index (κ2) is 17.7. The Balaban J connectivity index is 1.77. The molecule has 2 unspecified atom stereocenters. The summed E-state index contributed by atoms with van der Waals surface area (Å²) in [5, 5.41) is 17.9. The van der Waals surface area contributed by atoms with Crippen molar-refractivity contribution >= 4 is 34.4 Å². The lowest BCUT2D eigenvalue weighted by atomic mass is 9.94. The number of anilines is 1. The molecular formula is C42H53N3O5. The van der Waals surface area contributed by atoms with E-state index in [1.54, 1.807) is 49.9 Å². The van der Waals surface area contributed by atoms with Gasteiger partial charge < -0.3 is 25.4 Å². The summed E-state index contributed by atoms with van der Waals surface area (Å²) in [7, 11) is 0. The molecule has 2 atom stereocenters. The van der Waals surface area contributed by atoms with E-state index in [9.17, 15) is 19.5 Å². The van der Waals surface area contributed by atoms with Crippen LogP contribution in [0.25, 0.3) is 10.8 Å². The zero-order valence-electron chi connectivity index (χ0n) is 30.4. The van der Waals surface area contributed by atoms with Crippen LogP contribution >= 0.6 is 0 Å². The van der Waals surface area contributed by atoms with E-state index in [0.29, 0.717) is 18.7 Å². The van der Waals surface area contributed by atoms with Gasteiger partial charge in [0, 0.05) is 18.7 Å². The first-order valence-electron chi connectivity index (χ1n) is 17.8. The summed E-state index contributed by atoms with van der Waals surface area (Å²) in [6.45, 7) is 11.8. The van der Waals surface area contributed by atoms with Gasteiger partial charge in [-0.1, -0.05) is 99.7 Å². The Morgan fingerprint density at radius 2 is 1.50 bits per heavy atom. The van der Waals surface area contributed by atoms with Gasteiger partial charge in [0.05, 0.1) is 0 Å². The van der Waals surface area contributed by atoms with Gasteiger partial charge >= 0.3 is 6.09 Å². The van der Waals surface area contributed by atoms with E-state index in [0.717, 1.165) is 65.1 Å². The maximum absolute atomic E-state index is 15.0. The maximum Gasteiger partial charge on any atom is 0.408 e. The number of amides is 3. The number of nitrogens with one attached hydrogen (secondary N) is 2. The van der Waals surface area contributed by atoms with Gasteiger partial charge in [0.25, 0.3) is 5.91 Å². The summed E-state index contributed by atoms with van der Waals surface area (Å²) < 4.78 is 5.59. The molecule has 0 radical (unpaired) electrons. The third-order valence-corrected chi connectivity index (χ3v) is 8.92. The number of fused-ring (bicyclic) bond motifs is 1. The molecule has 8 nitrogen and oxygen atoms in total. The van der Waals surface area contributed by atoms with Crippen LogP contribution in [0.3, 0.4) is 0 Å². The molecular weight excluding hydrogens is 626 g/mol. The van der Waals surface area contributed by atoms with Crippen LogP contribution in [0, 0.1) is 13.8 Å². The summed E-state index contributed by atoms with van der Waals surface area (Å²) in [4.78, 5) is 44.4. The third-order valence-electron chi connectivity index (χ3n) is 8.92. The van der Waals surface area contributed by atoms with E-state index < -0.39 is 29.7 Å². The Morgan fingerprint density at radius 1 is 0.820 bits per heavy atom. The number of carbonyl (C=O) groups excluding carboxylic acids is 3. The van der Waals surface area contributed by atoms with Crippen LogP contribution in [0.5, 0.6) is 5.75 Å². The smallest absolute Gasteiger partial charge is 0.408 e. The number of nitrogens with zero attached hydrogens (tertiary/aromatic N) is 1. The molecule has 4 aromatic carbocycles. The summed E-state index contributed by atoms with van der Waals surface area (Å²) in [6.07, 6.45) is 5.42. The van der Waals surface area contributed by atoms with Gasteiger partial charge in [-0.3, -0.25) is 9.59 Å². The highest BCUT2D eigenvalue weighted by molar-refractivity contribution is 6.00. The quantitative estimate of drug-likeness (QED) is 0.109. The van der Waals surface area contributed by atoms with Crippen LogP contribution < -0.4 is 10.6 Å². The standard InChI is InChI=1S/C42H53N3O5/c1-7-8-9-10-11-14-26-45(40(48)37(44-41(49)50-42(4,5)6)27-31-20-24-35(46)25-21-31)38(36-19-15-16-29(2)30(36)3)39(47)43-34-23-22-32-17-12-13-18-33(32)28-34/h12-13,15-25,28,37-38,46H,7-11,14,26-27H2,1-6H3,(H,43,47)(H,44,49). The molecule has 0 aliphatic heterocycles. The molecule has 0 saturated carbocycles. The van der Waals surface area contributed by atoms with E-state index in [-0.39, 0.29) is 18.1 Å². The maximum atomic E-state index is 15.0. The number of phenolic OH excluding ortho intramolecular Hbond substituents is 1. The van der Waals surface area contributed by atoms with Crippen molar-refractivity contribution in [1.82, 2.24) is 10.2 Å². The fraction of sp³-hybridized carbons (Fsp3) is 0.405. The Morgan fingerprint density at radius 3 is 2.20 bits per heavy atom. The van der Waals surface area contributed by atoms with Gasteiger partial charge in [0.15, 0.2) is 0 Å². The number of rotatable bonds is 15. The van der Waals surface area contributed by atoms with Crippen molar-refractivity contribution in [2.24, 2.45) is 0 Å². The first-order valence-corrected chi connectivity index (χ1v) is 17.8. The monoisotopic (exact) mass is 679 g/mol. The molecule has 50 heavy (non-hydrogen) atoms. The van der Waals surface area contributed by atoms with Gasteiger partial charge in [-0.05, 0) is 98.3 Å². The van der Waals surface area contributed by atoms with Crippen LogP contribution in [-0.4, -0.2) is 46.1 Å². The van der Waals surface area contributed by atoms with Gasteiger partial charge in [-0.15, -0.1) is 0 Å². The second-order valence-corrected chi connectivity index (χ2v) is 14.1. The molecule has 0 aliphatic rings. The fourth-order valence-electron chi connectivity index (χ4n) is 6.15. The Kier molecular flexibility index (Phi) is 13.4. The third kappa shape index (κ3) is 10.8. The van der Waals surface area contributed by atoms with Crippen LogP contribution in [0.1, 0.15) is 94.5 Å². The van der Waals surface area contributed by atoms with Crippen LogP contribution in [0.4, 0.5) is 10.5 Å². The number of benzene rings is 4. The van der Waals surface area contributed by atoms with E-state index in [1.807, 2.05) is 74.5 Å². The SMILES string of the molecule is CCCCCCCCN(C(=O)C(Cc1ccc(O)cc1)NC(=O)OC(C)(C)C)C(C(=O)Nc1ccc2ccccc2c1)c1cccc(C)c1C. The number of aromatic hydroxyl groups is 1. The van der Waals surface area contributed by atoms with Crippen LogP contribution in [0.2, 0.25) is 0 Å². The predicted octanol–water partition coefficient (Wildman–Crippen LogP) is 9.17. The number of hydrogen-bond donors (Lipinski definition) is 3. The molecule has 0 bridgehead atoms. The van der Waals surface area contributed by atoms with E-state index >= 15 is 0 Å². The molecule has 4 aromatic rings. The highest BCUT2D eigenvalue weighted by Gasteiger charge is 2.37. The molecule has 0 aliphatic carbocycles. The molecule has 3 amide bonds. The zero-order valence-corrected chi connectivity index (χ0v) is 30.4. The van der Waals surface area contributed by atoms with Gasteiger partial charge in [-0.2, -0.15) is 0 Å². The summed E-state index contributed by atoms with van der Waals surface area (Å²) >= 11 is 0. The summed E-state index contributed by atoms with van der Waals surface area (Å²) in [5.74, 6) is -0.632. The number of hydrogen-bond acceptors (Lipinski definition) is 5. The number of alkyl carbamates (subject to hydrolysis) is 1. The first kappa shape index (κ1) is 38.0. The molecule has 4 rings (SSSR count). The largest absolute Gasteiger partial charge is 0.508 e. The minimum absolute atomic E-state index is 0.0989. The highest BCUT2D eigenvalue weighted by atomic mass is 16.6. The lowest BCUT2D eigenvalue weighted by Gasteiger charge is -2.35. The second-order valence-electron chi connectivity index (χ2n) is 14.1. The normalized spacial score (nSPS) is 12.6. The van der Waals surface area contributed by atoms with Crippen molar-refractivity contribution in [3.05, 3.63) is 107 Å². The van der Waals surface area contributed by atoms with Crippen LogP contribution in [0.15, 0.2) is 84.9 Å². The van der Waals surface area contributed by atoms with Gasteiger partial charge in [-0.25, -0.2) is 4.79 Å². The number of carbonyl (C=O) groups is 3. The Hall–Kier alpha value is -4.85. The predicted molar refractivity (Wildman–Crippen MR) is 201 cm³/mol. The van der Waals surface area contributed by atoms with Crippen molar-refractivity contribution in [1.29, 1.82) is 0 Å². The summed E-state index contributed by atoms with van der Waals surface area (Å²) in [5.41, 5.74) is 3.23. The molecule has 0 saturated heterocycles. The topological polar surface area (TPSA) is 108 Å². The Bertz CT molecular complexity index is 1740. The summed E-state index contributed by atoms with van der Waals surface area (Å²) in [6, 6.07) is 24.1. The number of ether oxygens (including phenoxy) is 1. The molecule has 3 N–H and O–H groups in total. The number of aryl methyl sites for hydroxylation is 1. The van der Waals surface area contributed by atoms with Crippen molar-refractivity contribution < 1.29 is 24.2 Å². The number of unbranched alkanes of at least 4 members (excludes halogenated alkanes) is 5. The average molecular weight is 680 g/mol. The molecule has 266 valence electrons. The van der Waals surface area contributed by atoms with Crippen LogP contribution in [-0.2, 0) is 20.7 Å².